The third-order valence-electron chi connectivity index (χ3n) is 2.58. The van der Waals surface area contributed by atoms with E-state index in [4.69, 9.17) is 18.8 Å². The molecule has 1 unspecified atom stereocenters. The van der Waals surface area contributed by atoms with Gasteiger partial charge in [-0.15, -0.1) is 0 Å². The molecule has 0 aromatic carbocycles. The number of hydrogen-bond acceptors (Lipinski definition) is 5. The van der Waals surface area contributed by atoms with E-state index in [0.29, 0.717) is 6.42 Å². The quantitative estimate of drug-likeness (QED) is 0.278. The molecule has 0 aromatic heterocycles. The highest BCUT2D eigenvalue weighted by Crippen LogP contribution is 2.25. The van der Waals surface area contributed by atoms with Crippen LogP contribution < -0.4 is 0 Å². The van der Waals surface area contributed by atoms with Crippen molar-refractivity contribution in [1.29, 1.82) is 0 Å². The molecule has 0 N–H and O–H groups in total. The number of azide groups is 1. The first-order chi connectivity index (χ1) is 8.44. The summed E-state index contributed by atoms with van der Waals surface area (Å²) in [7, 11) is -3.48. The number of hydrogen-bond donors (Lipinski definition) is 0. The van der Waals surface area contributed by atoms with Crippen molar-refractivity contribution < 1.29 is 21.7 Å². The molecular formula is C8H19N3O5SSi. The maximum Gasteiger partial charge on any atom is 0.519 e. The van der Waals surface area contributed by atoms with E-state index >= 15 is 0 Å². The fourth-order valence-electron chi connectivity index (χ4n) is 1.65. The van der Waals surface area contributed by atoms with Crippen LogP contribution in [0.4, 0.5) is 0 Å². The fraction of sp³-hybridized carbons (Fsp3) is 1.00. The predicted octanol–water partition coefficient (Wildman–Crippen LogP) is 1.60. The van der Waals surface area contributed by atoms with E-state index in [0.717, 1.165) is 6.42 Å². The molecule has 0 fully saturated rings. The van der Waals surface area contributed by atoms with Crippen LogP contribution >= 0.6 is 0 Å². The molecule has 8 nitrogen and oxygen atoms in total. The molecule has 0 spiro atoms. The highest BCUT2D eigenvalue weighted by molar-refractivity contribution is 7.92. The van der Waals surface area contributed by atoms with Gasteiger partial charge in [-0.25, -0.2) is 8.42 Å². The molecule has 0 saturated heterocycles. The van der Waals surface area contributed by atoms with Gasteiger partial charge in [0.15, 0.2) is 0 Å². The zero-order chi connectivity index (χ0) is 14.2. The largest absolute Gasteiger partial charge is 0.519 e. The monoisotopic (exact) mass is 297 g/mol. The smallest absolute Gasteiger partial charge is 0.376 e. The van der Waals surface area contributed by atoms with Crippen molar-refractivity contribution >= 4 is 18.8 Å². The Hall–Kier alpha value is -0.643. The maximum absolute atomic E-state index is 11.9. The molecule has 0 amide bonds. The van der Waals surface area contributed by atoms with Crippen molar-refractivity contribution in [3.8, 4) is 0 Å². The van der Waals surface area contributed by atoms with Gasteiger partial charge in [0.2, 0.25) is 10.0 Å². The number of nitrogens with zero attached hydrogens (tertiary/aromatic N) is 3. The van der Waals surface area contributed by atoms with Crippen LogP contribution in [0, 0.1) is 0 Å². The van der Waals surface area contributed by atoms with Crippen molar-refractivity contribution in [3.05, 3.63) is 10.4 Å². The minimum Gasteiger partial charge on any atom is -0.376 e. The molecule has 0 radical (unpaired) electrons. The summed E-state index contributed by atoms with van der Waals surface area (Å²) in [6.45, 7) is 1.92. The van der Waals surface area contributed by atoms with Crippen molar-refractivity contribution in [1.82, 2.24) is 0 Å². The van der Waals surface area contributed by atoms with Crippen molar-refractivity contribution in [2.75, 3.05) is 21.3 Å². The second kappa shape index (κ2) is 7.72. The van der Waals surface area contributed by atoms with Gasteiger partial charge in [0, 0.05) is 30.8 Å². The Kier molecular flexibility index (Phi) is 7.44. The van der Waals surface area contributed by atoms with Crippen LogP contribution in [0.25, 0.3) is 10.4 Å². The molecular weight excluding hydrogens is 278 g/mol. The van der Waals surface area contributed by atoms with E-state index in [1.165, 1.54) is 21.3 Å². The van der Waals surface area contributed by atoms with Gasteiger partial charge >= 0.3 is 8.80 Å². The topological polar surface area (TPSA) is 111 Å². The first-order valence-corrected chi connectivity index (χ1v) is 8.70. The van der Waals surface area contributed by atoms with E-state index in [2.05, 4.69) is 9.43 Å². The Balaban J connectivity index is 5.52. The van der Waals surface area contributed by atoms with Crippen molar-refractivity contribution in [2.24, 2.45) is 4.52 Å². The molecule has 0 saturated carbocycles. The van der Waals surface area contributed by atoms with E-state index in [9.17, 15) is 8.42 Å². The standard InChI is InChI=1S/C8H19N3O5SSi/c1-5-6-7-8(17(12,13)11-10-9)18(14-2,15-3)16-4/h8H,5-7H2,1-4H3. The van der Waals surface area contributed by atoms with Gasteiger partial charge in [-0.2, -0.15) is 0 Å². The first kappa shape index (κ1) is 17.4. The maximum atomic E-state index is 11.9. The van der Waals surface area contributed by atoms with Crippen LogP contribution in [0.15, 0.2) is 4.52 Å². The Morgan fingerprint density at radius 2 is 1.78 bits per heavy atom. The average Bonchev–Trinajstić information content (AvgIpc) is 2.35. The summed E-state index contributed by atoms with van der Waals surface area (Å²) >= 11 is 0. The summed E-state index contributed by atoms with van der Waals surface area (Å²) in [5.41, 5.74) is 8.33. The minimum atomic E-state index is -4.04. The highest BCUT2D eigenvalue weighted by atomic mass is 32.2. The number of sulfonamides is 1. The fourth-order valence-corrected chi connectivity index (χ4v) is 6.64. The van der Waals surface area contributed by atoms with E-state index < -0.39 is 23.7 Å². The molecule has 0 aliphatic rings. The van der Waals surface area contributed by atoms with Crippen LogP contribution in [0.2, 0.25) is 0 Å². The van der Waals surface area contributed by atoms with Gasteiger partial charge < -0.3 is 13.3 Å². The Labute approximate surface area is 108 Å². The molecule has 0 rings (SSSR count). The Morgan fingerprint density at radius 1 is 1.28 bits per heavy atom. The Bertz CT molecular complexity index is 383. The second-order valence-electron chi connectivity index (χ2n) is 3.53. The molecule has 106 valence electrons. The van der Waals surface area contributed by atoms with Crippen molar-refractivity contribution in [3.63, 3.8) is 0 Å². The van der Waals surface area contributed by atoms with Crippen LogP contribution in [-0.2, 0) is 23.3 Å². The molecule has 0 heterocycles. The lowest BCUT2D eigenvalue weighted by molar-refractivity contribution is 0.119. The lowest BCUT2D eigenvalue weighted by Crippen LogP contribution is -2.57. The zero-order valence-corrected chi connectivity index (χ0v) is 12.8. The highest BCUT2D eigenvalue weighted by Gasteiger charge is 2.53. The van der Waals surface area contributed by atoms with Crippen LogP contribution in [0.5, 0.6) is 0 Å². The number of unbranched alkanes of at least 4 members (excludes halogenated alkanes) is 1. The summed E-state index contributed by atoms with van der Waals surface area (Å²) in [5.74, 6) is 0. The van der Waals surface area contributed by atoms with Gasteiger partial charge in [-0.1, -0.05) is 19.8 Å². The van der Waals surface area contributed by atoms with Gasteiger partial charge in [0.1, 0.15) is 4.87 Å². The molecule has 1 atom stereocenters. The zero-order valence-electron chi connectivity index (χ0n) is 11.0. The number of rotatable bonds is 9. The van der Waals surface area contributed by atoms with Gasteiger partial charge in [0.05, 0.1) is 0 Å². The summed E-state index contributed by atoms with van der Waals surface area (Å²) in [4.78, 5) is 1.26. The van der Waals surface area contributed by atoms with E-state index in [1.807, 2.05) is 6.92 Å². The molecule has 10 heteroatoms. The van der Waals surface area contributed by atoms with Crippen LogP contribution in [0.1, 0.15) is 26.2 Å². The lowest BCUT2D eigenvalue weighted by atomic mass is 10.3. The summed E-state index contributed by atoms with van der Waals surface area (Å²) in [5, 5.41) is 0. The van der Waals surface area contributed by atoms with Crippen molar-refractivity contribution in [2.45, 2.75) is 31.1 Å². The van der Waals surface area contributed by atoms with Gasteiger partial charge in [-0.05, 0) is 12.0 Å². The summed E-state index contributed by atoms with van der Waals surface area (Å²) < 4.78 is 42.2. The average molecular weight is 297 g/mol. The molecule has 0 aliphatic carbocycles. The lowest BCUT2D eigenvalue weighted by Gasteiger charge is -2.30. The summed E-state index contributed by atoms with van der Waals surface area (Å²) in [6.07, 6.45) is 1.69. The van der Waals surface area contributed by atoms with E-state index in [-0.39, 0.29) is 6.42 Å². The summed E-state index contributed by atoms with van der Waals surface area (Å²) in [6, 6.07) is 0. The van der Waals surface area contributed by atoms with Crippen LogP contribution in [0.3, 0.4) is 0 Å². The third-order valence-corrected chi connectivity index (χ3v) is 8.38. The second-order valence-corrected chi connectivity index (χ2v) is 8.84. The molecule has 0 aliphatic heterocycles. The van der Waals surface area contributed by atoms with Gasteiger partial charge in [-0.3, -0.25) is 0 Å². The van der Waals surface area contributed by atoms with Crippen LogP contribution in [-0.4, -0.2) is 43.4 Å². The third kappa shape index (κ3) is 3.94. The normalized spacial score (nSPS) is 14.0. The van der Waals surface area contributed by atoms with E-state index in [1.54, 1.807) is 0 Å². The molecule has 0 bridgehead atoms. The first-order valence-electron chi connectivity index (χ1n) is 5.39. The van der Waals surface area contributed by atoms with Gasteiger partial charge in [0.25, 0.3) is 0 Å². The molecule has 18 heavy (non-hydrogen) atoms. The Morgan fingerprint density at radius 3 is 2.11 bits per heavy atom. The minimum absolute atomic E-state index is 0.263. The predicted molar refractivity (Wildman–Crippen MR) is 68.2 cm³/mol. The SMILES string of the molecule is CCCCC([Si](OC)(OC)OC)S(=O)(=O)N=[N+]=[N-]. The molecule has 0 aromatic rings.